The molecular weight excluding hydrogens is 352 g/mol. The van der Waals surface area contributed by atoms with Crippen LogP contribution in [0.5, 0.6) is 0 Å². The van der Waals surface area contributed by atoms with Crippen molar-refractivity contribution in [3.63, 3.8) is 0 Å². The summed E-state index contributed by atoms with van der Waals surface area (Å²) in [5, 5.41) is 7.74. The first-order valence-corrected chi connectivity index (χ1v) is 7.32. The molecule has 1 atom stereocenters. The standard InChI is InChI=1S/C14H15BrN4O3/c1-8(20)16-14-17-19(10(3)22)13(18(14)9(2)21)11-6-4-5-7-12(11)15/h4-7,13H,1-3H3,(H,16,17,20). The molecule has 1 aliphatic heterocycles. The molecule has 22 heavy (non-hydrogen) atoms. The predicted molar refractivity (Wildman–Crippen MR) is 83.2 cm³/mol. The van der Waals surface area contributed by atoms with Crippen molar-refractivity contribution in [2.45, 2.75) is 26.9 Å². The number of benzene rings is 1. The molecule has 0 radical (unpaired) electrons. The minimum atomic E-state index is -0.743. The van der Waals surface area contributed by atoms with E-state index in [2.05, 4.69) is 26.3 Å². The van der Waals surface area contributed by atoms with Gasteiger partial charge in [0.05, 0.1) is 0 Å². The van der Waals surface area contributed by atoms with Crippen molar-refractivity contribution >= 4 is 39.6 Å². The number of guanidine groups is 1. The quantitative estimate of drug-likeness (QED) is 0.818. The van der Waals surface area contributed by atoms with E-state index in [1.165, 1.54) is 30.7 Å². The Bertz CT molecular complexity index is 674. The summed E-state index contributed by atoms with van der Waals surface area (Å²) in [6.45, 7) is 4.01. The highest BCUT2D eigenvalue weighted by molar-refractivity contribution is 9.10. The van der Waals surface area contributed by atoms with Gasteiger partial charge in [0, 0.05) is 30.8 Å². The SMILES string of the molecule is CC(=O)NC1=NN(C(C)=O)C(c2ccccc2Br)N1C(C)=O. The number of carbonyl (C=O) groups excluding carboxylic acids is 3. The van der Waals surface area contributed by atoms with Crippen molar-refractivity contribution in [1.82, 2.24) is 15.2 Å². The zero-order valence-corrected chi connectivity index (χ0v) is 13.9. The Morgan fingerprint density at radius 2 is 1.77 bits per heavy atom. The van der Waals surface area contributed by atoms with Gasteiger partial charge in [-0.15, -0.1) is 5.10 Å². The fourth-order valence-electron chi connectivity index (χ4n) is 2.19. The molecule has 0 saturated carbocycles. The number of hydrogen-bond donors (Lipinski definition) is 1. The lowest BCUT2D eigenvalue weighted by Crippen LogP contribution is -2.45. The van der Waals surface area contributed by atoms with Crippen molar-refractivity contribution in [3.8, 4) is 0 Å². The second-order valence-corrected chi connectivity index (χ2v) is 5.61. The van der Waals surface area contributed by atoms with E-state index in [0.29, 0.717) is 5.56 Å². The van der Waals surface area contributed by atoms with E-state index in [1.54, 1.807) is 12.1 Å². The van der Waals surface area contributed by atoms with Crippen LogP contribution < -0.4 is 5.32 Å². The second-order valence-electron chi connectivity index (χ2n) is 4.75. The van der Waals surface area contributed by atoms with Crippen LogP contribution in [-0.4, -0.2) is 33.6 Å². The van der Waals surface area contributed by atoms with E-state index >= 15 is 0 Å². The monoisotopic (exact) mass is 366 g/mol. The third kappa shape index (κ3) is 3.01. The minimum Gasteiger partial charge on any atom is -0.295 e. The molecule has 0 saturated heterocycles. The molecule has 1 heterocycles. The van der Waals surface area contributed by atoms with Crippen LogP contribution in [0.2, 0.25) is 0 Å². The number of hydrazone groups is 1. The van der Waals surface area contributed by atoms with Crippen molar-refractivity contribution in [2.24, 2.45) is 5.10 Å². The molecule has 0 aliphatic carbocycles. The van der Waals surface area contributed by atoms with Gasteiger partial charge in [-0.25, -0.2) is 5.01 Å². The molecule has 0 bridgehead atoms. The van der Waals surface area contributed by atoms with Gasteiger partial charge in [-0.1, -0.05) is 34.1 Å². The summed E-state index contributed by atoms with van der Waals surface area (Å²) in [4.78, 5) is 36.5. The minimum absolute atomic E-state index is 0.0379. The summed E-state index contributed by atoms with van der Waals surface area (Å²) in [5.74, 6) is -1.01. The van der Waals surface area contributed by atoms with E-state index in [-0.39, 0.29) is 23.7 Å². The highest BCUT2D eigenvalue weighted by Gasteiger charge is 2.41. The van der Waals surface area contributed by atoms with Crippen molar-refractivity contribution in [2.75, 3.05) is 0 Å². The molecule has 1 N–H and O–H groups in total. The molecular formula is C14H15BrN4O3. The molecule has 1 aromatic carbocycles. The summed E-state index contributed by atoms with van der Waals surface area (Å²) in [7, 11) is 0. The molecule has 7 nitrogen and oxygen atoms in total. The molecule has 8 heteroatoms. The third-order valence-electron chi connectivity index (χ3n) is 3.04. The Hall–Kier alpha value is -2.22. The number of nitrogens with zero attached hydrogens (tertiary/aromatic N) is 3. The van der Waals surface area contributed by atoms with Gasteiger partial charge < -0.3 is 0 Å². The average molecular weight is 367 g/mol. The normalized spacial score (nSPS) is 17.3. The molecule has 116 valence electrons. The Kier molecular flexibility index (Phi) is 4.60. The van der Waals surface area contributed by atoms with Gasteiger partial charge in [-0.05, 0) is 6.07 Å². The van der Waals surface area contributed by atoms with Crippen LogP contribution in [0.15, 0.2) is 33.8 Å². The van der Waals surface area contributed by atoms with Gasteiger partial charge in [-0.3, -0.25) is 24.6 Å². The molecule has 3 amide bonds. The zero-order chi connectivity index (χ0) is 16.4. The first kappa shape index (κ1) is 16.2. The van der Waals surface area contributed by atoms with Crippen molar-refractivity contribution in [1.29, 1.82) is 0 Å². The van der Waals surface area contributed by atoms with E-state index < -0.39 is 6.17 Å². The van der Waals surface area contributed by atoms with Gasteiger partial charge >= 0.3 is 0 Å². The number of amides is 3. The lowest BCUT2D eigenvalue weighted by Gasteiger charge is -2.28. The highest BCUT2D eigenvalue weighted by Crippen LogP contribution is 2.34. The predicted octanol–water partition coefficient (Wildman–Crippen LogP) is 1.57. The number of carbonyl (C=O) groups is 3. The fourth-order valence-corrected chi connectivity index (χ4v) is 2.68. The molecule has 1 aromatic rings. The van der Waals surface area contributed by atoms with Gasteiger partial charge in [-0.2, -0.15) is 0 Å². The maximum atomic E-state index is 12.0. The highest BCUT2D eigenvalue weighted by atomic mass is 79.9. The van der Waals surface area contributed by atoms with Gasteiger partial charge in [0.2, 0.25) is 23.7 Å². The smallest absolute Gasteiger partial charge is 0.241 e. The molecule has 0 aromatic heterocycles. The van der Waals surface area contributed by atoms with Crippen LogP contribution >= 0.6 is 15.9 Å². The van der Waals surface area contributed by atoms with E-state index in [9.17, 15) is 14.4 Å². The van der Waals surface area contributed by atoms with Gasteiger partial charge in [0.15, 0.2) is 6.17 Å². The van der Waals surface area contributed by atoms with Crippen LogP contribution in [0, 0.1) is 0 Å². The topological polar surface area (TPSA) is 82.1 Å². The van der Waals surface area contributed by atoms with E-state index in [0.717, 1.165) is 4.47 Å². The molecule has 1 unspecified atom stereocenters. The first-order chi connectivity index (χ1) is 10.3. The molecule has 2 rings (SSSR count). The summed E-state index contributed by atoms with van der Waals surface area (Å²) in [6.07, 6.45) is -0.743. The van der Waals surface area contributed by atoms with Crippen LogP contribution in [0.25, 0.3) is 0 Å². The Morgan fingerprint density at radius 1 is 1.14 bits per heavy atom. The maximum Gasteiger partial charge on any atom is 0.241 e. The lowest BCUT2D eigenvalue weighted by molar-refractivity contribution is -0.136. The van der Waals surface area contributed by atoms with Crippen LogP contribution in [-0.2, 0) is 14.4 Å². The number of nitrogens with one attached hydrogen (secondary N) is 1. The van der Waals surface area contributed by atoms with E-state index in [4.69, 9.17) is 0 Å². The third-order valence-corrected chi connectivity index (χ3v) is 3.76. The summed E-state index contributed by atoms with van der Waals surface area (Å²) in [5.41, 5.74) is 0.692. The first-order valence-electron chi connectivity index (χ1n) is 6.53. The van der Waals surface area contributed by atoms with Crippen LogP contribution in [0.3, 0.4) is 0 Å². The van der Waals surface area contributed by atoms with Gasteiger partial charge in [0.25, 0.3) is 0 Å². The fraction of sp³-hybridized carbons (Fsp3) is 0.286. The van der Waals surface area contributed by atoms with Crippen LogP contribution in [0.1, 0.15) is 32.5 Å². The maximum absolute atomic E-state index is 12.0. The van der Waals surface area contributed by atoms with E-state index in [1.807, 2.05) is 12.1 Å². The number of rotatable bonds is 1. The average Bonchev–Trinajstić information content (AvgIpc) is 2.77. The largest absolute Gasteiger partial charge is 0.295 e. The molecule has 0 fully saturated rings. The summed E-state index contributed by atoms with van der Waals surface area (Å²) >= 11 is 3.42. The molecule has 0 spiro atoms. The lowest BCUT2D eigenvalue weighted by atomic mass is 10.1. The zero-order valence-electron chi connectivity index (χ0n) is 12.3. The van der Waals surface area contributed by atoms with Gasteiger partial charge in [0.1, 0.15) is 0 Å². The Morgan fingerprint density at radius 3 is 2.27 bits per heavy atom. The van der Waals surface area contributed by atoms with Crippen molar-refractivity contribution < 1.29 is 14.4 Å². The van der Waals surface area contributed by atoms with Crippen LogP contribution in [0.4, 0.5) is 0 Å². The van der Waals surface area contributed by atoms with Crippen molar-refractivity contribution in [3.05, 3.63) is 34.3 Å². The molecule has 1 aliphatic rings. The summed E-state index contributed by atoms with van der Waals surface area (Å²) < 4.78 is 0.733. The Balaban J connectivity index is 2.54. The number of halogens is 1. The summed E-state index contributed by atoms with van der Waals surface area (Å²) in [6, 6.07) is 7.22. The number of hydrogen-bond acceptors (Lipinski definition) is 4. The Labute approximate surface area is 136 Å². The second kappa shape index (κ2) is 6.27.